The zero-order valence-electron chi connectivity index (χ0n) is 12.7. The molecular weight excluding hydrogens is 294 g/mol. The summed E-state index contributed by atoms with van der Waals surface area (Å²) in [6.07, 6.45) is 0.996. The molecule has 2 aromatic rings. The van der Waals surface area contributed by atoms with Crippen molar-refractivity contribution >= 4 is 29.2 Å². The molecule has 0 unspecified atom stereocenters. The predicted octanol–water partition coefficient (Wildman–Crippen LogP) is 3.18. The molecule has 0 saturated heterocycles. The second-order valence-corrected chi connectivity index (χ2v) is 5.26. The Hall–Kier alpha value is -3.02. The number of methoxy groups -OCH3 is 1. The molecule has 0 fully saturated rings. The molecule has 2 aromatic carbocycles. The number of hydrogen-bond donors (Lipinski definition) is 2. The summed E-state index contributed by atoms with van der Waals surface area (Å²) in [6.45, 7) is 0. The number of ether oxygens (including phenoxy) is 1. The highest BCUT2D eigenvalue weighted by Crippen LogP contribution is 2.36. The van der Waals surface area contributed by atoms with Crippen molar-refractivity contribution in [3.63, 3.8) is 0 Å². The van der Waals surface area contributed by atoms with E-state index in [1.807, 2.05) is 30.3 Å². The Morgan fingerprint density at radius 2 is 1.78 bits per heavy atom. The molecule has 3 rings (SSSR count). The lowest BCUT2D eigenvalue weighted by Gasteiger charge is -2.23. The van der Waals surface area contributed by atoms with Gasteiger partial charge in [0.25, 0.3) is 0 Å². The summed E-state index contributed by atoms with van der Waals surface area (Å²) >= 11 is 0. The van der Waals surface area contributed by atoms with Crippen LogP contribution >= 0.6 is 0 Å². The fourth-order valence-electron chi connectivity index (χ4n) is 2.83. The highest BCUT2D eigenvalue weighted by molar-refractivity contribution is 6.00. The first kappa shape index (κ1) is 14.9. The predicted molar refractivity (Wildman–Crippen MR) is 88.0 cm³/mol. The largest absolute Gasteiger partial charge is 0.453 e. The third-order valence-electron chi connectivity index (χ3n) is 3.87. The van der Waals surface area contributed by atoms with E-state index in [-0.39, 0.29) is 0 Å². The zero-order chi connectivity index (χ0) is 16.4. The van der Waals surface area contributed by atoms with Crippen LogP contribution in [-0.2, 0) is 17.6 Å². The number of hydrogen-bond acceptors (Lipinski definition) is 3. The van der Waals surface area contributed by atoms with E-state index >= 15 is 0 Å². The number of nitrogens with one attached hydrogen (secondary N) is 1. The van der Waals surface area contributed by atoms with Crippen LogP contribution in [0.3, 0.4) is 0 Å². The number of carbonyl (C=O) groups is 2. The van der Waals surface area contributed by atoms with E-state index in [1.54, 1.807) is 12.1 Å². The third kappa shape index (κ3) is 2.83. The number of rotatable bonds is 1. The maximum absolute atomic E-state index is 12.0. The number of para-hydroxylation sites is 1. The van der Waals surface area contributed by atoms with Gasteiger partial charge in [-0.25, -0.2) is 9.59 Å². The first-order valence-electron chi connectivity index (χ1n) is 7.25. The van der Waals surface area contributed by atoms with Gasteiger partial charge in [0.05, 0.1) is 18.5 Å². The van der Waals surface area contributed by atoms with Gasteiger partial charge in [0.1, 0.15) is 0 Å². The van der Waals surface area contributed by atoms with Crippen molar-refractivity contribution < 1.29 is 14.3 Å². The van der Waals surface area contributed by atoms with E-state index in [1.165, 1.54) is 12.0 Å². The van der Waals surface area contributed by atoms with E-state index in [9.17, 15) is 9.59 Å². The second kappa shape index (κ2) is 6.00. The quantitative estimate of drug-likeness (QED) is 0.848. The molecule has 0 saturated carbocycles. The lowest BCUT2D eigenvalue weighted by molar-refractivity contribution is 0.187. The standard InChI is InChI=1S/C17H17N3O3/c1-23-17(22)19-13-8-9-15-12(10-13)7-6-11-4-2-3-5-14(11)20(15)16(18)21/h2-5,8-10H,6-7H2,1H3,(H2,18,21)(H,19,22). The highest BCUT2D eigenvalue weighted by Gasteiger charge is 2.24. The highest BCUT2D eigenvalue weighted by atomic mass is 16.5. The molecule has 6 nitrogen and oxygen atoms in total. The van der Waals surface area contributed by atoms with Gasteiger partial charge < -0.3 is 10.5 Å². The van der Waals surface area contributed by atoms with Crippen LogP contribution in [0.2, 0.25) is 0 Å². The minimum atomic E-state index is -0.534. The van der Waals surface area contributed by atoms with Gasteiger partial charge >= 0.3 is 12.1 Å². The topological polar surface area (TPSA) is 84.7 Å². The minimum absolute atomic E-state index is 0.533. The summed E-state index contributed by atoms with van der Waals surface area (Å²) in [4.78, 5) is 24.9. The molecule has 23 heavy (non-hydrogen) atoms. The number of anilines is 3. The van der Waals surface area contributed by atoms with Crippen LogP contribution in [0.25, 0.3) is 0 Å². The fourth-order valence-corrected chi connectivity index (χ4v) is 2.83. The summed E-state index contributed by atoms with van der Waals surface area (Å²) in [7, 11) is 1.31. The van der Waals surface area contributed by atoms with Crippen molar-refractivity contribution in [2.24, 2.45) is 5.73 Å². The molecule has 0 aromatic heterocycles. The molecule has 6 heteroatoms. The molecule has 0 aliphatic carbocycles. The van der Waals surface area contributed by atoms with Gasteiger partial charge in [0.2, 0.25) is 0 Å². The average molecular weight is 311 g/mol. The van der Waals surface area contributed by atoms with Gasteiger partial charge in [-0.05, 0) is 48.2 Å². The molecule has 1 aliphatic rings. The molecule has 0 atom stereocenters. The first-order chi connectivity index (χ1) is 11.1. The Kier molecular flexibility index (Phi) is 3.89. The summed E-state index contributed by atoms with van der Waals surface area (Å²) in [5, 5.41) is 2.63. The molecule has 1 aliphatic heterocycles. The van der Waals surface area contributed by atoms with Crippen LogP contribution in [0, 0.1) is 0 Å². The van der Waals surface area contributed by atoms with Gasteiger partial charge in [-0.1, -0.05) is 18.2 Å². The Bertz CT molecular complexity index is 773. The summed E-state index contributed by atoms with van der Waals surface area (Å²) in [5.41, 5.74) is 9.75. The van der Waals surface area contributed by atoms with Gasteiger partial charge in [-0.2, -0.15) is 0 Å². The van der Waals surface area contributed by atoms with Crippen LogP contribution in [0.5, 0.6) is 0 Å². The van der Waals surface area contributed by atoms with Gasteiger partial charge in [-0.15, -0.1) is 0 Å². The van der Waals surface area contributed by atoms with Crippen molar-refractivity contribution in [3.05, 3.63) is 53.6 Å². The van der Waals surface area contributed by atoms with Gasteiger partial charge in [0, 0.05) is 5.69 Å². The molecular formula is C17H17N3O3. The first-order valence-corrected chi connectivity index (χ1v) is 7.25. The monoisotopic (exact) mass is 311 g/mol. The number of benzene rings is 2. The number of primary amides is 1. The fraction of sp³-hybridized carbons (Fsp3) is 0.176. The van der Waals surface area contributed by atoms with Crippen molar-refractivity contribution in [2.45, 2.75) is 12.8 Å². The van der Waals surface area contributed by atoms with E-state index < -0.39 is 12.1 Å². The van der Waals surface area contributed by atoms with Crippen molar-refractivity contribution in [2.75, 3.05) is 17.3 Å². The molecule has 1 heterocycles. The smallest absolute Gasteiger partial charge is 0.411 e. The van der Waals surface area contributed by atoms with E-state index in [0.29, 0.717) is 5.69 Å². The Morgan fingerprint density at radius 3 is 2.52 bits per heavy atom. The molecule has 3 amide bonds. The SMILES string of the molecule is COC(=O)Nc1ccc2c(c1)CCc1ccccc1N2C(N)=O. The number of carbonyl (C=O) groups excluding carboxylic acids is 2. The van der Waals surface area contributed by atoms with Crippen LogP contribution in [0.15, 0.2) is 42.5 Å². The van der Waals surface area contributed by atoms with Crippen molar-refractivity contribution in [1.29, 1.82) is 0 Å². The Morgan fingerprint density at radius 1 is 1.09 bits per heavy atom. The van der Waals surface area contributed by atoms with Crippen LogP contribution in [0.1, 0.15) is 11.1 Å². The van der Waals surface area contributed by atoms with Crippen molar-refractivity contribution in [3.8, 4) is 0 Å². The Labute approximate surface area is 133 Å². The molecule has 118 valence electrons. The van der Waals surface area contributed by atoms with E-state index in [4.69, 9.17) is 5.73 Å². The second-order valence-electron chi connectivity index (χ2n) is 5.26. The van der Waals surface area contributed by atoms with Crippen LogP contribution < -0.4 is 16.0 Å². The lowest BCUT2D eigenvalue weighted by atomic mass is 10.0. The van der Waals surface area contributed by atoms with Gasteiger partial charge in [0.15, 0.2) is 0 Å². The van der Waals surface area contributed by atoms with Crippen molar-refractivity contribution in [1.82, 2.24) is 0 Å². The summed E-state index contributed by atoms with van der Waals surface area (Å²) in [5.74, 6) is 0. The number of nitrogens with two attached hydrogens (primary N) is 1. The maximum Gasteiger partial charge on any atom is 0.411 e. The number of nitrogens with zero attached hydrogens (tertiary/aromatic N) is 1. The number of amides is 3. The average Bonchev–Trinajstić information content (AvgIpc) is 2.71. The normalized spacial score (nSPS) is 12.7. The number of fused-ring (bicyclic) bond motifs is 2. The number of urea groups is 1. The van der Waals surface area contributed by atoms with Gasteiger partial charge in [-0.3, -0.25) is 10.2 Å². The van der Waals surface area contributed by atoms with Crippen LogP contribution in [-0.4, -0.2) is 19.2 Å². The Balaban J connectivity index is 2.06. The zero-order valence-corrected chi connectivity index (χ0v) is 12.7. The molecule has 0 spiro atoms. The maximum atomic E-state index is 12.0. The summed E-state index contributed by atoms with van der Waals surface area (Å²) < 4.78 is 4.60. The summed E-state index contributed by atoms with van der Waals surface area (Å²) in [6, 6.07) is 12.5. The molecule has 0 radical (unpaired) electrons. The molecule has 0 bridgehead atoms. The molecule has 3 N–H and O–H groups in total. The van der Waals surface area contributed by atoms with Crippen LogP contribution in [0.4, 0.5) is 26.7 Å². The third-order valence-corrected chi connectivity index (χ3v) is 3.87. The van der Waals surface area contributed by atoms with E-state index in [0.717, 1.165) is 35.3 Å². The lowest BCUT2D eigenvalue weighted by Crippen LogP contribution is -2.32. The van der Waals surface area contributed by atoms with E-state index in [2.05, 4.69) is 10.1 Å². The minimum Gasteiger partial charge on any atom is -0.453 e. The number of aryl methyl sites for hydroxylation is 2.